The van der Waals surface area contributed by atoms with Crippen molar-refractivity contribution in [3.8, 4) is 5.75 Å². The van der Waals surface area contributed by atoms with Crippen LogP contribution in [0.3, 0.4) is 0 Å². The molecule has 0 fully saturated rings. The molecule has 0 heterocycles. The Morgan fingerprint density at radius 2 is 1.76 bits per heavy atom. The van der Waals surface area contributed by atoms with Crippen LogP contribution in [0.5, 0.6) is 5.75 Å². The van der Waals surface area contributed by atoms with Crippen LogP contribution in [0.1, 0.15) is 28.4 Å². The van der Waals surface area contributed by atoms with E-state index < -0.39 is 11.9 Å². The normalized spacial score (nSPS) is 10.0. The molecule has 0 saturated carbocycles. The standard InChI is InChI=1S/C19H20N2O4/c1-12-8-9-16(13(2)10-12)20-19(24)21-18(23)11-25-17-7-5-4-6-15(17)14(3)22/h4-10H,11H2,1-3H3,(H2,20,21,23,24). The Kier molecular flexibility index (Phi) is 5.89. The number of hydrogen-bond acceptors (Lipinski definition) is 4. The van der Waals surface area contributed by atoms with Crippen LogP contribution < -0.4 is 15.4 Å². The van der Waals surface area contributed by atoms with Crippen molar-refractivity contribution in [3.05, 3.63) is 59.2 Å². The van der Waals surface area contributed by atoms with Gasteiger partial charge in [-0.15, -0.1) is 0 Å². The molecule has 2 aromatic carbocycles. The molecule has 0 radical (unpaired) electrons. The number of Topliss-reactive ketones (excluding diaryl/α,β-unsaturated/α-hetero) is 1. The molecule has 2 N–H and O–H groups in total. The predicted molar refractivity (Wildman–Crippen MR) is 95.0 cm³/mol. The van der Waals surface area contributed by atoms with Gasteiger partial charge in [-0.2, -0.15) is 0 Å². The summed E-state index contributed by atoms with van der Waals surface area (Å²) in [6.45, 7) is 4.87. The number of imide groups is 1. The number of ketones is 1. The molecule has 25 heavy (non-hydrogen) atoms. The Balaban J connectivity index is 1.90. The first-order chi connectivity index (χ1) is 11.9. The fraction of sp³-hybridized carbons (Fsp3) is 0.211. The van der Waals surface area contributed by atoms with Crippen LogP contribution in [0.25, 0.3) is 0 Å². The van der Waals surface area contributed by atoms with Gasteiger partial charge in [0, 0.05) is 5.69 Å². The highest BCUT2D eigenvalue weighted by Crippen LogP contribution is 2.18. The fourth-order valence-electron chi connectivity index (χ4n) is 2.30. The third kappa shape index (κ3) is 5.17. The van der Waals surface area contributed by atoms with E-state index in [0.29, 0.717) is 17.0 Å². The van der Waals surface area contributed by atoms with Crippen LogP contribution in [-0.2, 0) is 4.79 Å². The third-order valence-electron chi connectivity index (χ3n) is 3.51. The van der Waals surface area contributed by atoms with Crippen molar-refractivity contribution in [1.29, 1.82) is 0 Å². The van der Waals surface area contributed by atoms with Gasteiger partial charge < -0.3 is 10.1 Å². The van der Waals surface area contributed by atoms with E-state index in [1.807, 2.05) is 26.0 Å². The van der Waals surface area contributed by atoms with Crippen molar-refractivity contribution in [3.63, 3.8) is 0 Å². The first-order valence-corrected chi connectivity index (χ1v) is 7.77. The van der Waals surface area contributed by atoms with Gasteiger partial charge in [-0.05, 0) is 44.5 Å². The molecule has 0 spiro atoms. The van der Waals surface area contributed by atoms with Crippen molar-refractivity contribution in [2.24, 2.45) is 0 Å². The summed E-state index contributed by atoms with van der Waals surface area (Å²) >= 11 is 0. The average molecular weight is 340 g/mol. The zero-order valence-electron chi connectivity index (χ0n) is 14.4. The third-order valence-corrected chi connectivity index (χ3v) is 3.51. The number of anilines is 1. The lowest BCUT2D eigenvalue weighted by atomic mass is 10.1. The number of rotatable bonds is 5. The maximum atomic E-state index is 11.9. The van der Waals surface area contributed by atoms with Crippen LogP contribution in [-0.4, -0.2) is 24.3 Å². The van der Waals surface area contributed by atoms with Gasteiger partial charge in [0.2, 0.25) is 0 Å². The summed E-state index contributed by atoms with van der Waals surface area (Å²) in [6, 6.07) is 11.6. The van der Waals surface area contributed by atoms with Crippen LogP contribution in [0, 0.1) is 13.8 Å². The highest BCUT2D eigenvalue weighted by Gasteiger charge is 2.12. The van der Waals surface area contributed by atoms with Gasteiger partial charge in [0.25, 0.3) is 5.91 Å². The molecule has 6 heteroatoms. The second-order valence-electron chi connectivity index (χ2n) is 5.66. The van der Waals surface area contributed by atoms with Gasteiger partial charge in [-0.3, -0.25) is 14.9 Å². The number of nitrogens with one attached hydrogen (secondary N) is 2. The maximum Gasteiger partial charge on any atom is 0.325 e. The predicted octanol–water partition coefficient (Wildman–Crippen LogP) is 3.23. The van der Waals surface area contributed by atoms with Gasteiger partial charge in [0.1, 0.15) is 5.75 Å². The van der Waals surface area contributed by atoms with E-state index in [1.54, 1.807) is 30.3 Å². The Morgan fingerprint density at radius 1 is 1.04 bits per heavy atom. The minimum Gasteiger partial charge on any atom is -0.483 e. The Labute approximate surface area is 146 Å². The summed E-state index contributed by atoms with van der Waals surface area (Å²) in [5.74, 6) is -0.468. The smallest absolute Gasteiger partial charge is 0.325 e. The van der Waals surface area contributed by atoms with E-state index in [9.17, 15) is 14.4 Å². The summed E-state index contributed by atoms with van der Waals surface area (Å²) in [4.78, 5) is 35.3. The molecule has 0 aliphatic heterocycles. The van der Waals surface area contributed by atoms with Crippen molar-refractivity contribution in [2.45, 2.75) is 20.8 Å². The second-order valence-corrected chi connectivity index (χ2v) is 5.66. The van der Waals surface area contributed by atoms with Crippen LogP contribution in [0.4, 0.5) is 10.5 Å². The number of para-hydroxylation sites is 1. The quantitative estimate of drug-likeness (QED) is 0.819. The largest absolute Gasteiger partial charge is 0.483 e. The van der Waals surface area contributed by atoms with E-state index in [1.165, 1.54) is 6.92 Å². The van der Waals surface area contributed by atoms with E-state index in [4.69, 9.17) is 4.74 Å². The van der Waals surface area contributed by atoms with Gasteiger partial charge in [-0.25, -0.2) is 4.79 Å². The molecular weight excluding hydrogens is 320 g/mol. The first-order valence-electron chi connectivity index (χ1n) is 7.77. The lowest BCUT2D eigenvalue weighted by Crippen LogP contribution is -2.37. The molecule has 2 rings (SSSR count). The van der Waals surface area contributed by atoms with Crippen molar-refractivity contribution in [2.75, 3.05) is 11.9 Å². The summed E-state index contributed by atoms with van der Waals surface area (Å²) in [6.07, 6.45) is 0. The molecule has 2 aromatic rings. The topological polar surface area (TPSA) is 84.5 Å². The minimum atomic E-state index is -0.639. The number of urea groups is 1. The Hall–Kier alpha value is -3.15. The zero-order valence-corrected chi connectivity index (χ0v) is 14.4. The van der Waals surface area contributed by atoms with E-state index in [-0.39, 0.29) is 12.4 Å². The lowest BCUT2D eigenvalue weighted by molar-refractivity contribution is -0.121. The number of carbonyl (C=O) groups is 3. The Morgan fingerprint density at radius 3 is 2.44 bits per heavy atom. The number of ether oxygens (including phenoxy) is 1. The first kappa shape index (κ1) is 18.2. The Bertz CT molecular complexity index is 815. The molecule has 6 nitrogen and oxygen atoms in total. The highest BCUT2D eigenvalue weighted by molar-refractivity contribution is 6.02. The summed E-state index contributed by atoms with van der Waals surface area (Å²) in [5, 5.41) is 4.81. The van der Waals surface area contributed by atoms with E-state index in [2.05, 4.69) is 10.6 Å². The molecule has 0 bridgehead atoms. The minimum absolute atomic E-state index is 0.163. The molecule has 130 valence electrons. The monoisotopic (exact) mass is 340 g/mol. The molecule has 0 aliphatic rings. The van der Waals surface area contributed by atoms with Crippen LogP contribution in [0.2, 0.25) is 0 Å². The zero-order chi connectivity index (χ0) is 18.4. The maximum absolute atomic E-state index is 11.9. The second kappa shape index (κ2) is 8.10. The molecule has 0 aliphatic carbocycles. The van der Waals surface area contributed by atoms with Gasteiger partial charge in [0.05, 0.1) is 5.56 Å². The van der Waals surface area contributed by atoms with Crippen molar-refractivity contribution in [1.82, 2.24) is 5.32 Å². The lowest BCUT2D eigenvalue weighted by Gasteiger charge is -2.11. The van der Waals surface area contributed by atoms with Crippen molar-refractivity contribution < 1.29 is 19.1 Å². The van der Waals surface area contributed by atoms with Gasteiger partial charge in [0.15, 0.2) is 12.4 Å². The van der Waals surface area contributed by atoms with Crippen LogP contribution >= 0.6 is 0 Å². The fourth-order valence-corrected chi connectivity index (χ4v) is 2.30. The van der Waals surface area contributed by atoms with Gasteiger partial charge in [-0.1, -0.05) is 29.8 Å². The molecular formula is C19H20N2O4. The van der Waals surface area contributed by atoms with E-state index >= 15 is 0 Å². The number of aryl methyl sites for hydroxylation is 2. The SMILES string of the molecule is CC(=O)c1ccccc1OCC(=O)NC(=O)Nc1ccc(C)cc1C. The number of benzene rings is 2. The number of hydrogen-bond donors (Lipinski definition) is 2. The molecule has 0 saturated heterocycles. The molecule has 0 aromatic heterocycles. The molecule has 3 amide bonds. The number of amides is 3. The van der Waals surface area contributed by atoms with Crippen molar-refractivity contribution >= 4 is 23.4 Å². The summed E-state index contributed by atoms with van der Waals surface area (Å²) in [7, 11) is 0. The van der Waals surface area contributed by atoms with Crippen LogP contribution in [0.15, 0.2) is 42.5 Å². The highest BCUT2D eigenvalue weighted by atomic mass is 16.5. The molecule has 0 unspecified atom stereocenters. The van der Waals surface area contributed by atoms with Gasteiger partial charge >= 0.3 is 6.03 Å². The molecule has 0 atom stereocenters. The summed E-state index contributed by atoms with van der Waals surface area (Å²) < 4.78 is 5.34. The van der Waals surface area contributed by atoms with E-state index in [0.717, 1.165) is 11.1 Å². The average Bonchev–Trinajstić information content (AvgIpc) is 2.55. The number of carbonyl (C=O) groups excluding carboxylic acids is 3. The summed E-state index contributed by atoms with van der Waals surface area (Å²) in [5.41, 5.74) is 2.99.